The molecule has 0 amide bonds. The molecule has 0 saturated heterocycles. The van der Waals surface area contributed by atoms with Gasteiger partial charge in [-0.05, 0) is 24.4 Å². The standard InChI is InChI=1S/C6H9ClN2S/c1-2-3-4-5-6(7)8-9-10-5/h2-4H2,1H3. The molecule has 1 rings (SSSR count). The Morgan fingerprint density at radius 2 is 2.40 bits per heavy atom. The van der Waals surface area contributed by atoms with Crippen molar-refractivity contribution in [1.82, 2.24) is 9.59 Å². The molecule has 0 radical (unpaired) electrons. The monoisotopic (exact) mass is 176 g/mol. The Kier molecular flexibility index (Phi) is 3.09. The molecule has 0 aliphatic heterocycles. The SMILES string of the molecule is CCCCc1snnc1Cl. The molecule has 1 aromatic rings. The van der Waals surface area contributed by atoms with Crippen LogP contribution in [0, 0.1) is 0 Å². The van der Waals surface area contributed by atoms with Crippen LogP contribution in [0.1, 0.15) is 24.6 Å². The topological polar surface area (TPSA) is 25.8 Å². The molecule has 0 atom stereocenters. The van der Waals surface area contributed by atoms with E-state index in [-0.39, 0.29) is 0 Å². The minimum Gasteiger partial charge on any atom is -0.126 e. The summed E-state index contributed by atoms with van der Waals surface area (Å²) in [5.74, 6) is 0. The van der Waals surface area contributed by atoms with Gasteiger partial charge in [-0.3, -0.25) is 0 Å². The third-order valence-corrected chi connectivity index (χ3v) is 2.46. The van der Waals surface area contributed by atoms with Gasteiger partial charge in [0, 0.05) is 0 Å². The van der Waals surface area contributed by atoms with Gasteiger partial charge in [-0.1, -0.05) is 29.4 Å². The highest BCUT2D eigenvalue weighted by Gasteiger charge is 2.02. The largest absolute Gasteiger partial charge is 0.167 e. The fraction of sp³-hybridized carbons (Fsp3) is 0.667. The van der Waals surface area contributed by atoms with Crippen molar-refractivity contribution in [3.63, 3.8) is 0 Å². The molecular weight excluding hydrogens is 168 g/mol. The Hall–Kier alpha value is -0.150. The zero-order chi connectivity index (χ0) is 7.40. The number of unbranched alkanes of at least 4 members (excludes halogenated alkanes) is 1. The molecule has 0 bridgehead atoms. The van der Waals surface area contributed by atoms with Crippen LogP contribution in [0.15, 0.2) is 0 Å². The molecule has 0 N–H and O–H groups in total. The van der Waals surface area contributed by atoms with Gasteiger partial charge in [0.1, 0.15) is 0 Å². The van der Waals surface area contributed by atoms with E-state index in [0.29, 0.717) is 5.15 Å². The summed E-state index contributed by atoms with van der Waals surface area (Å²) >= 11 is 7.11. The highest BCUT2D eigenvalue weighted by atomic mass is 35.5. The summed E-state index contributed by atoms with van der Waals surface area (Å²) in [7, 11) is 0. The number of hydrogen-bond acceptors (Lipinski definition) is 3. The molecule has 1 aromatic heterocycles. The molecule has 0 aliphatic carbocycles. The van der Waals surface area contributed by atoms with Crippen LogP contribution in [0.3, 0.4) is 0 Å². The van der Waals surface area contributed by atoms with Gasteiger partial charge >= 0.3 is 0 Å². The van der Waals surface area contributed by atoms with Crippen LogP contribution < -0.4 is 0 Å². The normalized spacial score (nSPS) is 10.2. The van der Waals surface area contributed by atoms with E-state index in [0.717, 1.165) is 11.3 Å². The van der Waals surface area contributed by atoms with Crippen molar-refractivity contribution in [1.29, 1.82) is 0 Å². The van der Waals surface area contributed by atoms with Crippen molar-refractivity contribution in [3.05, 3.63) is 10.0 Å². The lowest BCUT2D eigenvalue weighted by Crippen LogP contribution is -1.79. The maximum atomic E-state index is 5.71. The molecule has 0 fully saturated rings. The molecule has 56 valence electrons. The zero-order valence-corrected chi connectivity index (χ0v) is 7.37. The van der Waals surface area contributed by atoms with Crippen LogP contribution in [0.5, 0.6) is 0 Å². The maximum absolute atomic E-state index is 5.71. The van der Waals surface area contributed by atoms with Crippen LogP contribution in [0.25, 0.3) is 0 Å². The van der Waals surface area contributed by atoms with Crippen molar-refractivity contribution >= 4 is 23.1 Å². The Bertz CT molecular complexity index is 199. The van der Waals surface area contributed by atoms with Crippen molar-refractivity contribution < 1.29 is 0 Å². The van der Waals surface area contributed by atoms with Crippen LogP contribution in [-0.2, 0) is 6.42 Å². The molecule has 10 heavy (non-hydrogen) atoms. The average molecular weight is 177 g/mol. The molecule has 0 saturated carbocycles. The van der Waals surface area contributed by atoms with E-state index in [9.17, 15) is 0 Å². The summed E-state index contributed by atoms with van der Waals surface area (Å²) in [4.78, 5) is 1.11. The van der Waals surface area contributed by atoms with Gasteiger partial charge in [0.25, 0.3) is 0 Å². The Labute approximate surface area is 69.4 Å². The molecule has 1 heterocycles. The van der Waals surface area contributed by atoms with Crippen molar-refractivity contribution in [2.45, 2.75) is 26.2 Å². The van der Waals surface area contributed by atoms with Gasteiger partial charge in [0.05, 0.1) is 4.88 Å². The highest BCUT2D eigenvalue weighted by molar-refractivity contribution is 7.06. The Morgan fingerprint density at radius 1 is 1.60 bits per heavy atom. The number of aryl methyl sites for hydroxylation is 1. The predicted molar refractivity (Wildman–Crippen MR) is 43.5 cm³/mol. The van der Waals surface area contributed by atoms with E-state index in [1.807, 2.05) is 0 Å². The number of halogens is 1. The van der Waals surface area contributed by atoms with Crippen LogP contribution >= 0.6 is 23.1 Å². The van der Waals surface area contributed by atoms with Crippen LogP contribution in [0.2, 0.25) is 5.15 Å². The van der Waals surface area contributed by atoms with E-state index in [1.165, 1.54) is 24.4 Å². The van der Waals surface area contributed by atoms with Crippen molar-refractivity contribution in [3.8, 4) is 0 Å². The molecule has 4 heteroatoms. The maximum Gasteiger partial charge on any atom is 0.167 e. The number of nitrogens with zero attached hydrogens (tertiary/aromatic N) is 2. The van der Waals surface area contributed by atoms with Crippen LogP contribution in [-0.4, -0.2) is 9.59 Å². The first kappa shape index (κ1) is 7.95. The van der Waals surface area contributed by atoms with Crippen molar-refractivity contribution in [2.24, 2.45) is 0 Å². The second-order valence-electron chi connectivity index (χ2n) is 2.09. The van der Waals surface area contributed by atoms with Gasteiger partial charge < -0.3 is 0 Å². The zero-order valence-electron chi connectivity index (χ0n) is 5.80. The molecule has 0 unspecified atom stereocenters. The summed E-state index contributed by atoms with van der Waals surface area (Å²) in [5.41, 5.74) is 0. The quantitative estimate of drug-likeness (QED) is 0.708. The lowest BCUT2D eigenvalue weighted by atomic mass is 10.2. The average Bonchev–Trinajstić information content (AvgIpc) is 2.31. The van der Waals surface area contributed by atoms with Gasteiger partial charge in [0.2, 0.25) is 0 Å². The summed E-state index contributed by atoms with van der Waals surface area (Å²) in [5, 5.41) is 4.29. The van der Waals surface area contributed by atoms with Gasteiger partial charge in [0.15, 0.2) is 5.15 Å². The first-order valence-electron chi connectivity index (χ1n) is 3.31. The second-order valence-corrected chi connectivity index (χ2v) is 3.29. The summed E-state index contributed by atoms with van der Waals surface area (Å²) in [6.45, 7) is 2.16. The number of aromatic nitrogens is 2. The third kappa shape index (κ3) is 1.92. The molecule has 2 nitrogen and oxygen atoms in total. The molecular formula is C6H9ClN2S. The van der Waals surface area contributed by atoms with E-state index in [2.05, 4.69) is 16.5 Å². The minimum absolute atomic E-state index is 0.582. The Balaban J connectivity index is 2.49. The minimum atomic E-state index is 0.582. The third-order valence-electron chi connectivity index (χ3n) is 1.27. The van der Waals surface area contributed by atoms with Crippen molar-refractivity contribution in [2.75, 3.05) is 0 Å². The summed E-state index contributed by atoms with van der Waals surface area (Å²) in [6, 6.07) is 0. The van der Waals surface area contributed by atoms with Gasteiger partial charge in [-0.15, -0.1) is 5.10 Å². The van der Waals surface area contributed by atoms with E-state index < -0.39 is 0 Å². The summed E-state index contributed by atoms with van der Waals surface area (Å²) in [6.07, 6.45) is 3.38. The highest BCUT2D eigenvalue weighted by Crippen LogP contribution is 2.17. The van der Waals surface area contributed by atoms with Crippen LogP contribution in [0.4, 0.5) is 0 Å². The first-order valence-corrected chi connectivity index (χ1v) is 4.46. The lowest BCUT2D eigenvalue weighted by Gasteiger charge is -1.90. The van der Waals surface area contributed by atoms with E-state index >= 15 is 0 Å². The lowest BCUT2D eigenvalue weighted by molar-refractivity contribution is 0.803. The van der Waals surface area contributed by atoms with E-state index in [1.54, 1.807) is 0 Å². The first-order chi connectivity index (χ1) is 4.84. The number of hydrogen-bond donors (Lipinski definition) is 0. The summed E-state index contributed by atoms with van der Waals surface area (Å²) < 4.78 is 3.73. The van der Waals surface area contributed by atoms with Gasteiger partial charge in [-0.2, -0.15) is 0 Å². The van der Waals surface area contributed by atoms with Gasteiger partial charge in [-0.25, -0.2) is 0 Å². The fourth-order valence-corrected chi connectivity index (χ4v) is 1.54. The fourth-order valence-electron chi connectivity index (χ4n) is 0.685. The Morgan fingerprint density at radius 3 is 2.90 bits per heavy atom. The predicted octanol–water partition coefficient (Wildman–Crippen LogP) is 2.53. The molecule has 0 aromatic carbocycles. The smallest absolute Gasteiger partial charge is 0.126 e. The second kappa shape index (κ2) is 3.88. The number of rotatable bonds is 3. The molecule has 0 aliphatic rings. The van der Waals surface area contributed by atoms with E-state index in [4.69, 9.17) is 11.6 Å². The molecule has 0 spiro atoms.